The van der Waals surface area contributed by atoms with Crippen molar-refractivity contribution in [3.63, 3.8) is 0 Å². The molecule has 0 spiro atoms. The molecule has 1 aliphatic heterocycles. The van der Waals surface area contributed by atoms with Crippen LogP contribution in [-0.2, 0) is 0 Å². The predicted molar refractivity (Wildman–Crippen MR) is 107 cm³/mol. The number of nitrogens with zero attached hydrogens (tertiary/aromatic N) is 1. The van der Waals surface area contributed by atoms with Crippen LogP contribution in [0, 0.1) is 0 Å². The molecule has 1 heterocycles. The fourth-order valence-electron chi connectivity index (χ4n) is 2.17. The van der Waals surface area contributed by atoms with Crippen molar-refractivity contribution in [3.8, 4) is 0 Å². The smallest absolute Gasteiger partial charge is 0.191 e. The monoisotopic (exact) mass is 428 g/mol. The molecule has 1 aliphatic rings. The van der Waals surface area contributed by atoms with Crippen molar-refractivity contribution in [1.29, 1.82) is 0 Å². The molecule has 126 valence electrons. The van der Waals surface area contributed by atoms with Gasteiger partial charge < -0.3 is 16.0 Å². The van der Waals surface area contributed by atoms with Crippen LogP contribution in [0.5, 0.6) is 0 Å². The van der Waals surface area contributed by atoms with Gasteiger partial charge in [0.25, 0.3) is 0 Å². The normalized spacial score (nSPS) is 22.8. The van der Waals surface area contributed by atoms with Crippen molar-refractivity contribution < 1.29 is 0 Å². The lowest BCUT2D eigenvalue weighted by Gasteiger charge is -2.22. The minimum atomic E-state index is 0. The van der Waals surface area contributed by atoms with Gasteiger partial charge in [-0.3, -0.25) is 4.99 Å². The molecule has 0 aromatic rings. The molecule has 1 saturated heterocycles. The van der Waals surface area contributed by atoms with E-state index in [1.807, 2.05) is 0 Å². The van der Waals surface area contributed by atoms with Crippen molar-refractivity contribution in [1.82, 2.24) is 16.0 Å². The molecular formula is C15H33IN4S. The summed E-state index contributed by atoms with van der Waals surface area (Å²) in [6.45, 7) is 14.6. The predicted octanol–water partition coefficient (Wildman–Crippen LogP) is 2.83. The number of hydrogen-bond donors (Lipinski definition) is 3. The summed E-state index contributed by atoms with van der Waals surface area (Å²) in [5.41, 5.74) is 0.172. The fourth-order valence-corrected chi connectivity index (χ4v) is 3.39. The van der Waals surface area contributed by atoms with Crippen LogP contribution in [-0.4, -0.2) is 48.2 Å². The van der Waals surface area contributed by atoms with Crippen LogP contribution >= 0.6 is 35.7 Å². The first kappa shape index (κ1) is 21.3. The Morgan fingerprint density at radius 1 is 1.24 bits per heavy atom. The second-order valence-electron chi connectivity index (χ2n) is 6.70. The zero-order valence-electron chi connectivity index (χ0n) is 14.2. The maximum Gasteiger partial charge on any atom is 0.191 e. The zero-order valence-corrected chi connectivity index (χ0v) is 17.4. The lowest BCUT2D eigenvalue weighted by Crippen LogP contribution is -2.44. The lowest BCUT2D eigenvalue weighted by atomic mass is 10.1. The summed E-state index contributed by atoms with van der Waals surface area (Å²) in [5.74, 6) is 2.22. The fraction of sp³-hybridized carbons (Fsp3) is 0.933. The molecule has 0 saturated carbocycles. The van der Waals surface area contributed by atoms with Crippen LogP contribution < -0.4 is 16.0 Å². The molecule has 0 aromatic heterocycles. The molecule has 4 nitrogen and oxygen atoms in total. The number of thioether (sulfide) groups is 1. The Labute approximate surface area is 152 Å². The first-order valence-corrected chi connectivity index (χ1v) is 8.74. The Hall–Kier alpha value is 0.310. The van der Waals surface area contributed by atoms with E-state index in [9.17, 15) is 0 Å². The summed E-state index contributed by atoms with van der Waals surface area (Å²) >= 11 is 2.06. The quantitative estimate of drug-likeness (QED) is 0.264. The summed E-state index contributed by atoms with van der Waals surface area (Å²) in [4.78, 5) is 4.75. The van der Waals surface area contributed by atoms with Gasteiger partial charge in [-0.25, -0.2) is 0 Å². The molecule has 0 bridgehead atoms. The standard InChI is InChI=1S/C15H32N4S.HI/c1-6-16-13(17-9-10-19-14(2,3)4)18-12-15(5)8-7-11-20-15;/h19H,6-12H2,1-5H3,(H2,16,17,18);1H. The molecule has 0 amide bonds. The van der Waals surface area contributed by atoms with Crippen LogP contribution in [0.2, 0.25) is 0 Å². The van der Waals surface area contributed by atoms with E-state index in [-0.39, 0.29) is 29.5 Å². The van der Waals surface area contributed by atoms with Gasteiger partial charge in [0.05, 0.1) is 6.54 Å². The van der Waals surface area contributed by atoms with Crippen molar-refractivity contribution >= 4 is 41.7 Å². The molecule has 1 fully saturated rings. The summed E-state index contributed by atoms with van der Waals surface area (Å²) in [7, 11) is 0. The van der Waals surface area contributed by atoms with Crippen molar-refractivity contribution in [3.05, 3.63) is 0 Å². The SMILES string of the molecule is CCNC(=NCC1(C)CCCS1)NCCNC(C)(C)C.I. The highest BCUT2D eigenvalue weighted by atomic mass is 127. The van der Waals surface area contributed by atoms with Crippen LogP contribution in [0.1, 0.15) is 47.5 Å². The second kappa shape index (κ2) is 10.2. The third kappa shape index (κ3) is 9.84. The van der Waals surface area contributed by atoms with Gasteiger partial charge in [-0.1, -0.05) is 0 Å². The highest BCUT2D eigenvalue weighted by molar-refractivity contribution is 14.0. The number of guanidine groups is 1. The van der Waals surface area contributed by atoms with Crippen LogP contribution in [0.3, 0.4) is 0 Å². The van der Waals surface area contributed by atoms with E-state index in [0.717, 1.165) is 32.1 Å². The molecule has 0 aromatic carbocycles. The minimum Gasteiger partial charge on any atom is -0.357 e. The summed E-state index contributed by atoms with van der Waals surface area (Å²) in [6.07, 6.45) is 2.61. The molecule has 0 radical (unpaired) electrons. The van der Waals surface area contributed by atoms with E-state index in [1.165, 1.54) is 18.6 Å². The van der Waals surface area contributed by atoms with E-state index in [1.54, 1.807) is 0 Å². The summed E-state index contributed by atoms with van der Waals surface area (Å²) in [5, 5.41) is 10.2. The molecule has 1 atom stereocenters. The number of aliphatic imine (C=N–C) groups is 1. The first-order valence-electron chi connectivity index (χ1n) is 7.76. The minimum absolute atomic E-state index is 0. The molecule has 21 heavy (non-hydrogen) atoms. The van der Waals surface area contributed by atoms with Gasteiger partial charge in [0, 0.05) is 29.9 Å². The maximum atomic E-state index is 4.75. The van der Waals surface area contributed by atoms with Gasteiger partial charge in [-0.15, -0.1) is 24.0 Å². The molecular weight excluding hydrogens is 395 g/mol. The van der Waals surface area contributed by atoms with Gasteiger partial charge in [-0.05, 0) is 53.2 Å². The van der Waals surface area contributed by atoms with Crippen LogP contribution in [0.15, 0.2) is 4.99 Å². The summed E-state index contributed by atoms with van der Waals surface area (Å²) in [6, 6.07) is 0. The molecule has 6 heteroatoms. The van der Waals surface area contributed by atoms with Gasteiger partial charge in [-0.2, -0.15) is 11.8 Å². The van der Waals surface area contributed by atoms with Crippen molar-refractivity contribution in [2.75, 3.05) is 31.9 Å². The van der Waals surface area contributed by atoms with Crippen molar-refractivity contribution in [2.24, 2.45) is 4.99 Å². The Bertz CT molecular complexity index is 309. The Kier molecular flexibility index (Phi) is 10.3. The molecule has 3 N–H and O–H groups in total. The van der Waals surface area contributed by atoms with Crippen molar-refractivity contribution in [2.45, 2.75) is 57.7 Å². The van der Waals surface area contributed by atoms with Crippen LogP contribution in [0.4, 0.5) is 0 Å². The molecule has 0 aliphatic carbocycles. The average Bonchev–Trinajstić information content (AvgIpc) is 2.78. The third-order valence-corrected chi connectivity index (χ3v) is 4.81. The van der Waals surface area contributed by atoms with Gasteiger partial charge in [0.15, 0.2) is 5.96 Å². The molecule has 1 rings (SSSR count). The van der Waals surface area contributed by atoms with E-state index in [2.05, 4.69) is 62.3 Å². The highest BCUT2D eigenvalue weighted by Crippen LogP contribution is 2.37. The van der Waals surface area contributed by atoms with Crippen LogP contribution in [0.25, 0.3) is 0 Å². The van der Waals surface area contributed by atoms with Gasteiger partial charge in [0.1, 0.15) is 0 Å². The number of nitrogens with one attached hydrogen (secondary N) is 3. The molecule has 1 unspecified atom stereocenters. The van der Waals surface area contributed by atoms with Gasteiger partial charge >= 0.3 is 0 Å². The highest BCUT2D eigenvalue weighted by Gasteiger charge is 2.29. The lowest BCUT2D eigenvalue weighted by molar-refractivity contribution is 0.428. The number of rotatable bonds is 6. The van der Waals surface area contributed by atoms with Gasteiger partial charge in [0.2, 0.25) is 0 Å². The zero-order chi connectivity index (χ0) is 15.1. The Morgan fingerprint density at radius 3 is 2.48 bits per heavy atom. The maximum absolute atomic E-state index is 4.75. The van der Waals surface area contributed by atoms with E-state index in [4.69, 9.17) is 4.99 Å². The second-order valence-corrected chi connectivity index (χ2v) is 8.38. The third-order valence-electron chi connectivity index (χ3n) is 3.29. The number of hydrogen-bond acceptors (Lipinski definition) is 3. The van der Waals surface area contributed by atoms with E-state index in [0.29, 0.717) is 4.75 Å². The Morgan fingerprint density at radius 2 is 1.95 bits per heavy atom. The average molecular weight is 428 g/mol. The summed E-state index contributed by atoms with van der Waals surface area (Å²) < 4.78 is 0.339. The van der Waals surface area contributed by atoms with E-state index >= 15 is 0 Å². The first-order chi connectivity index (χ1) is 9.35. The topological polar surface area (TPSA) is 48.5 Å². The number of halogens is 1. The Balaban J connectivity index is 0.00000400. The largest absolute Gasteiger partial charge is 0.357 e. The van der Waals surface area contributed by atoms with E-state index < -0.39 is 0 Å².